The molecule has 16 heavy (non-hydrogen) atoms. The Morgan fingerprint density at radius 2 is 2.19 bits per heavy atom. The summed E-state index contributed by atoms with van der Waals surface area (Å²) in [6, 6.07) is 1.36. The molecule has 0 radical (unpaired) electrons. The van der Waals surface area contributed by atoms with Gasteiger partial charge in [0, 0.05) is 32.3 Å². The Balaban J connectivity index is 1.71. The quantitative estimate of drug-likeness (QED) is 0.771. The highest BCUT2D eigenvalue weighted by atomic mass is 16.5. The maximum Gasteiger partial charge on any atom is 0.0802 e. The van der Waals surface area contributed by atoms with Crippen molar-refractivity contribution in [2.24, 2.45) is 0 Å². The van der Waals surface area contributed by atoms with Crippen molar-refractivity contribution in [3.8, 4) is 0 Å². The predicted octanol–water partition coefficient (Wildman–Crippen LogP) is 1.63. The van der Waals surface area contributed by atoms with Crippen LogP contribution >= 0.6 is 0 Å². The van der Waals surface area contributed by atoms with Crippen LogP contribution in [0.3, 0.4) is 0 Å². The normalized spacial score (nSPS) is 29.6. The number of rotatable bonds is 5. The molecule has 1 unspecified atom stereocenters. The molecule has 1 aliphatic heterocycles. The number of nitrogens with one attached hydrogen (secondary N) is 1. The van der Waals surface area contributed by atoms with E-state index in [-0.39, 0.29) is 5.60 Å². The van der Waals surface area contributed by atoms with Crippen molar-refractivity contribution in [3.05, 3.63) is 0 Å². The molecule has 3 nitrogen and oxygen atoms in total. The number of hydrogen-bond acceptors (Lipinski definition) is 3. The smallest absolute Gasteiger partial charge is 0.0802 e. The van der Waals surface area contributed by atoms with E-state index in [1.165, 1.54) is 38.8 Å². The van der Waals surface area contributed by atoms with Crippen molar-refractivity contribution in [3.63, 3.8) is 0 Å². The molecule has 1 saturated carbocycles. The SMILES string of the molecule is COC1(CNC2CCN(C(C)C)C2)CCC1. The highest BCUT2D eigenvalue weighted by Crippen LogP contribution is 2.34. The molecule has 2 rings (SSSR count). The van der Waals surface area contributed by atoms with Gasteiger partial charge < -0.3 is 10.1 Å². The van der Waals surface area contributed by atoms with E-state index in [1.54, 1.807) is 0 Å². The molecule has 94 valence electrons. The number of nitrogens with zero attached hydrogens (tertiary/aromatic N) is 1. The molecule has 1 aliphatic carbocycles. The average Bonchev–Trinajstić information content (AvgIpc) is 2.65. The molecule has 2 aliphatic rings. The molecule has 0 aromatic carbocycles. The van der Waals surface area contributed by atoms with Crippen molar-refractivity contribution >= 4 is 0 Å². The van der Waals surface area contributed by atoms with Gasteiger partial charge in [-0.3, -0.25) is 4.90 Å². The molecular weight excluding hydrogens is 200 g/mol. The van der Waals surface area contributed by atoms with Crippen LogP contribution < -0.4 is 5.32 Å². The van der Waals surface area contributed by atoms with Crippen LogP contribution in [0.15, 0.2) is 0 Å². The van der Waals surface area contributed by atoms with Gasteiger partial charge in [0.05, 0.1) is 5.60 Å². The lowest BCUT2D eigenvalue weighted by Crippen LogP contribution is -2.50. The second-order valence-electron chi connectivity index (χ2n) is 5.70. The minimum Gasteiger partial charge on any atom is -0.377 e. The fraction of sp³-hybridized carbons (Fsp3) is 1.00. The van der Waals surface area contributed by atoms with Crippen LogP contribution in [0.5, 0.6) is 0 Å². The lowest BCUT2D eigenvalue weighted by Gasteiger charge is -2.41. The Morgan fingerprint density at radius 3 is 2.62 bits per heavy atom. The summed E-state index contributed by atoms with van der Waals surface area (Å²) >= 11 is 0. The van der Waals surface area contributed by atoms with Crippen molar-refractivity contribution in [1.29, 1.82) is 0 Å². The maximum atomic E-state index is 5.63. The van der Waals surface area contributed by atoms with Crippen LogP contribution in [-0.4, -0.2) is 49.3 Å². The summed E-state index contributed by atoms with van der Waals surface area (Å²) in [4.78, 5) is 2.55. The molecule has 0 bridgehead atoms. The van der Waals surface area contributed by atoms with Crippen LogP contribution in [0.25, 0.3) is 0 Å². The largest absolute Gasteiger partial charge is 0.377 e. The Morgan fingerprint density at radius 1 is 1.44 bits per heavy atom. The summed E-state index contributed by atoms with van der Waals surface area (Å²) in [5, 5.41) is 3.69. The summed E-state index contributed by atoms with van der Waals surface area (Å²) in [5.74, 6) is 0. The van der Waals surface area contributed by atoms with Gasteiger partial charge in [0.25, 0.3) is 0 Å². The number of methoxy groups -OCH3 is 1. The van der Waals surface area contributed by atoms with Crippen molar-refractivity contribution in [1.82, 2.24) is 10.2 Å². The topological polar surface area (TPSA) is 24.5 Å². The van der Waals surface area contributed by atoms with Crippen LogP contribution in [-0.2, 0) is 4.74 Å². The zero-order valence-electron chi connectivity index (χ0n) is 11.0. The van der Waals surface area contributed by atoms with Crippen LogP contribution in [0.4, 0.5) is 0 Å². The third-order valence-electron chi connectivity index (χ3n) is 4.36. The first-order valence-corrected chi connectivity index (χ1v) is 6.68. The summed E-state index contributed by atoms with van der Waals surface area (Å²) in [6.07, 6.45) is 5.09. The fourth-order valence-electron chi connectivity index (χ4n) is 2.78. The van der Waals surface area contributed by atoms with Crippen molar-refractivity contribution in [2.75, 3.05) is 26.7 Å². The minimum atomic E-state index is 0.172. The zero-order valence-corrected chi connectivity index (χ0v) is 11.0. The molecule has 0 aromatic rings. The van der Waals surface area contributed by atoms with Crippen molar-refractivity contribution < 1.29 is 4.74 Å². The molecular formula is C13H26N2O. The molecule has 3 heteroatoms. The second-order valence-corrected chi connectivity index (χ2v) is 5.70. The van der Waals surface area contributed by atoms with Gasteiger partial charge in [-0.2, -0.15) is 0 Å². The van der Waals surface area contributed by atoms with E-state index in [1.807, 2.05) is 7.11 Å². The summed E-state index contributed by atoms with van der Waals surface area (Å²) < 4.78 is 5.63. The van der Waals surface area contributed by atoms with Crippen LogP contribution in [0.2, 0.25) is 0 Å². The second kappa shape index (κ2) is 5.03. The number of likely N-dealkylation sites (tertiary alicyclic amines) is 1. The third kappa shape index (κ3) is 2.58. The molecule has 1 atom stereocenters. The summed E-state index contributed by atoms with van der Waals surface area (Å²) in [7, 11) is 1.86. The van der Waals surface area contributed by atoms with E-state index in [4.69, 9.17) is 4.74 Å². The van der Waals surface area contributed by atoms with E-state index in [9.17, 15) is 0 Å². The average molecular weight is 226 g/mol. The van der Waals surface area contributed by atoms with Gasteiger partial charge in [0.2, 0.25) is 0 Å². The number of hydrogen-bond donors (Lipinski definition) is 1. The molecule has 0 aromatic heterocycles. The minimum absolute atomic E-state index is 0.172. The lowest BCUT2D eigenvalue weighted by atomic mass is 9.80. The van der Waals surface area contributed by atoms with E-state index in [2.05, 4.69) is 24.1 Å². The number of ether oxygens (including phenoxy) is 1. The molecule has 0 amide bonds. The Bertz CT molecular complexity index is 220. The first-order chi connectivity index (χ1) is 7.65. The highest BCUT2D eigenvalue weighted by Gasteiger charge is 2.37. The molecule has 1 N–H and O–H groups in total. The molecule has 2 fully saturated rings. The Kier molecular flexibility index (Phi) is 3.88. The highest BCUT2D eigenvalue weighted by molar-refractivity contribution is 4.93. The fourth-order valence-corrected chi connectivity index (χ4v) is 2.78. The van der Waals surface area contributed by atoms with Gasteiger partial charge >= 0.3 is 0 Å². The van der Waals surface area contributed by atoms with Crippen LogP contribution in [0.1, 0.15) is 39.5 Å². The predicted molar refractivity (Wildman–Crippen MR) is 66.7 cm³/mol. The van der Waals surface area contributed by atoms with Crippen molar-refractivity contribution in [2.45, 2.75) is 57.2 Å². The van der Waals surface area contributed by atoms with Crippen LogP contribution in [0, 0.1) is 0 Å². The van der Waals surface area contributed by atoms with E-state index in [0.29, 0.717) is 12.1 Å². The molecule has 0 spiro atoms. The first-order valence-electron chi connectivity index (χ1n) is 6.68. The van der Waals surface area contributed by atoms with Gasteiger partial charge in [-0.1, -0.05) is 0 Å². The van der Waals surface area contributed by atoms with Gasteiger partial charge in [0.1, 0.15) is 0 Å². The third-order valence-corrected chi connectivity index (χ3v) is 4.36. The lowest BCUT2D eigenvalue weighted by molar-refractivity contribution is -0.0707. The van der Waals surface area contributed by atoms with Gasteiger partial charge in [-0.05, 0) is 46.1 Å². The summed E-state index contributed by atoms with van der Waals surface area (Å²) in [6.45, 7) is 8.06. The molecule has 1 heterocycles. The Labute approximate surface area is 99.5 Å². The summed E-state index contributed by atoms with van der Waals surface area (Å²) in [5.41, 5.74) is 0.172. The van der Waals surface area contributed by atoms with Gasteiger partial charge in [0.15, 0.2) is 0 Å². The van der Waals surface area contributed by atoms with E-state index >= 15 is 0 Å². The van der Waals surface area contributed by atoms with E-state index < -0.39 is 0 Å². The standard InChI is InChI=1S/C13H26N2O/c1-11(2)15-8-5-12(9-15)14-10-13(16-3)6-4-7-13/h11-12,14H,4-10H2,1-3H3. The first kappa shape index (κ1) is 12.3. The van der Waals surface area contributed by atoms with E-state index in [0.717, 1.165) is 6.54 Å². The van der Waals surface area contributed by atoms with Gasteiger partial charge in [-0.15, -0.1) is 0 Å². The monoisotopic (exact) mass is 226 g/mol. The Hall–Kier alpha value is -0.120. The maximum absolute atomic E-state index is 5.63. The zero-order chi connectivity index (χ0) is 11.6. The molecule has 1 saturated heterocycles. The van der Waals surface area contributed by atoms with Gasteiger partial charge in [-0.25, -0.2) is 0 Å².